The highest BCUT2D eigenvalue weighted by Crippen LogP contribution is 2.05. The van der Waals surface area contributed by atoms with Crippen LogP contribution in [0.3, 0.4) is 0 Å². The second kappa shape index (κ2) is 6.22. The number of primary amides is 1. The smallest absolute Gasteiger partial charge is 0.247 e. The van der Waals surface area contributed by atoms with Crippen LogP contribution in [0.2, 0.25) is 0 Å². The van der Waals surface area contributed by atoms with E-state index >= 15 is 0 Å². The van der Waals surface area contributed by atoms with Crippen molar-refractivity contribution in [1.29, 1.82) is 0 Å². The van der Waals surface area contributed by atoms with Crippen LogP contribution < -0.4 is 11.5 Å². The summed E-state index contributed by atoms with van der Waals surface area (Å²) < 4.78 is 0. The average molecular weight is 197 g/mol. The highest BCUT2D eigenvalue weighted by molar-refractivity contribution is 5.85. The van der Waals surface area contributed by atoms with Gasteiger partial charge in [0.1, 0.15) is 6.10 Å². The molecule has 0 fully saturated rings. The number of hydrogen-bond acceptors (Lipinski definition) is 3. The molecular weight excluding hydrogens is 180 g/mol. The van der Waals surface area contributed by atoms with Crippen molar-refractivity contribution >= 4 is 18.3 Å². The van der Waals surface area contributed by atoms with Gasteiger partial charge < -0.3 is 16.6 Å². The van der Waals surface area contributed by atoms with Crippen molar-refractivity contribution < 1.29 is 9.90 Å². The highest BCUT2D eigenvalue weighted by atomic mass is 35.5. The molecule has 0 saturated carbocycles. The van der Waals surface area contributed by atoms with Crippen LogP contribution >= 0.6 is 12.4 Å². The van der Waals surface area contributed by atoms with E-state index in [2.05, 4.69) is 0 Å². The summed E-state index contributed by atoms with van der Waals surface area (Å²) in [5.74, 6) is -0.392. The summed E-state index contributed by atoms with van der Waals surface area (Å²) in [7, 11) is 0. The van der Waals surface area contributed by atoms with E-state index < -0.39 is 18.1 Å². The van der Waals surface area contributed by atoms with Crippen molar-refractivity contribution in [2.24, 2.45) is 17.4 Å². The maximum absolute atomic E-state index is 10.4. The maximum Gasteiger partial charge on any atom is 0.247 e. The fraction of sp³-hybridized carbons (Fsp3) is 0.857. The van der Waals surface area contributed by atoms with Gasteiger partial charge in [-0.25, -0.2) is 0 Å². The molecule has 5 heteroatoms. The maximum atomic E-state index is 10.4. The van der Waals surface area contributed by atoms with E-state index in [4.69, 9.17) is 16.6 Å². The third-order valence-corrected chi connectivity index (χ3v) is 1.44. The number of hydrogen-bond donors (Lipinski definition) is 3. The van der Waals surface area contributed by atoms with Crippen LogP contribution in [0.1, 0.15) is 20.3 Å². The lowest BCUT2D eigenvalue weighted by atomic mass is 10.00. The first-order valence-corrected chi connectivity index (χ1v) is 3.68. The SMILES string of the molecule is CC(C)C[C@H](N)[C@@H](O)C(N)=O.Cl. The Hall–Kier alpha value is -0.320. The average Bonchev–Trinajstić information content (AvgIpc) is 1.84. The number of aliphatic hydroxyl groups is 1. The van der Waals surface area contributed by atoms with Gasteiger partial charge in [-0.3, -0.25) is 4.79 Å². The lowest BCUT2D eigenvalue weighted by Gasteiger charge is -2.17. The van der Waals surface area contributed by atoms with Gasteiger partial charge in [-0.15, -0.1) is 12.4 Å². The first-order chi connectivity index (χ1) is 4.95. The number of halogens is 1. The minimum atomic E-state index is -1.21. The van der Waals surface area contributed by atoms with Crippen molar-refractivity contribution in [3.8, 4) is 0 Å². The molecule has 0 aromatic carbocycles. The molecule has 0 radical (unpaired) electrons. The molecule has 5 N–H and O–H groups in total. The molecule has 0 spiro atoms. The molecule has 0 bridgehead atoms. The van der Waals surface area contributed by atoms with Crippen LogP contribution in [0.4, 0.5) is 0 Å². The summed E-state index contributed by atoms with van der Waals surface area (Å²) in [5, 5.41) is 9.04. The minimum absolute atomic E-state index is 0. The second-order valence-electron chi connectivity index (χ2n) is 3.14. The van der Waals surface area contributed by atoms with Gasteiger partial charge in [0.05, 0.1) is 0 Å². The molecule has 12 heavy (non-hydrogen) atoms. The topological polar surface area (TPSA) is 89.3 Å². The largest absolute Gasteiger partial charge is 0.382 e. The van der Waals surface area contributed by atoms with Crippen LogP contribution in [0, 0.1) is 5.92 Å². The normalized spacial score (nSPS) is 15.1. The Labute approximate surface area is 78.7 Å². The number of aliphatic hydroxyl groups excluding tert-OH is 1. The van der Waals surface area contributed by atoms with E-state index in [0.29, 0.717) is 12.3 Å². The molecule has 0 aliphatic rings. The number of carbonyl (C=O) groups excluding carboxylic acids is 1. The number of rotatable bonds is 4. The van der Waals surface area contributed by atoms with Gasteiger partial charge >= 0.3 is 0 Å². The lowest BCUT2D eigenvalue weighted by molar-refractivity contribution is -0.127. The molecule has 0 rings (SSSR count). The fourth-order valence-electron chi connectivity index (χ4n) is 0.884. The Morgan fingerprint density at radius 3 is 2.17 bits per heavy atom. The predicted molar refractivity (Wildman–Crippen MR) is 49.9 cm³/mol. The number of carbonyl (C=O) groups is 1. The summed E-state index contributed by atoms with van der Waals surface area (Å²) >= 11 is 0. The third kappa shape index (κ3) is 5.35. The molecule has 0 unspecified atom stereocenters. The summed E-state index contributed by atoms with van der Waals surface area (Å²) in [6.45, 7) is 3.93. The van der Waals surface area contributed by atoms with Crippen molar-refractivity contribution in [2.45, 2.75) is 32.4 Å². The van der Waals surface area contributed by atoms with E-state index in [1.54, 1.807) is 0 Å². The van der Waals surface area contributed by atoms with Crippen LogP contribution in [0.25, 0.3) is 0 Å². The Morgan fingerprint density at radius 2 is 1.92 bits per heavy atom. The second-order valence-corrected chi connectivity index (χ2v) is 3.14. The first kappa shape index (κ1) is 14.2. The molecule has 0 aromatic rings. The van der Waals surface area contributed by atoms with Crippen LogP contribution in [0.15, 0.2) is 0 Å². The molecule has 2 atom stereocenters. The zero-order valence-corrected chi connectivity index (χ0v) is 8.17. The van der Waals surface area contributed by atoms with Crippen LogP contribution in [-0.4, -0.2) is 23.2 Å². The van der Waals surface area contributed by atoms with Crippen molar-refractivity contribution in [2.75, 3.05) is 0 Å². The van der Waals surface area contributed by atoms with Crippen LogP contribution in [0.5, 0.6) is 0 Å². The molecule has 0 aromatic heterocycles. The van der Waals surface area contributed by atoms with Crippen LogP contribution in [-0.2, 0) is 4.79 Å². The zero-order chi connectivity index (χ0) is 9.02. The summed E-state index contributed by atoms with van der Waals surface area (Å²) in [4.78, 5) is 10.4. The van der Waals surface area contributed by atoms with Crippen molar-refractivity contribution in [1.82, 2.24) is 0 Å². The standard InChI is InChI=1S/C7H16N2O2.ClH/c1-4(2)3-5(8)6(10)7(9)11;/h4-6,10H,3,8H2,1-2H3,(H2,9,11);1H/t5-,6+;/m0./s1. The summed E-state index contributed by atoms with van der Waals surface area (Å²) in [5.41, 5.74) is 10.3. The minimum Gasteiger partial charge on any atom is -0.382 e. The highest BCUT2D eigenvalue weighted by Gasteiger charge is 2.20. The van der Waals surface area contributed by atoms with Gasteiger partial charge in [-0.1, -0.05) is 13.8 Å². The first-order valence-electron chi connectivity index (χ1n) is 3.68. The van der Waals surface area contributed by atoms with E-state index in [-0.39, 0.29) is 12.4 Å². The molecule has 0 saturated heterocycles. The molecule has 1 amide bonds. The summed E-state index contributed by atoms with van der Waals surface area (Å²) in [6, 6.07) is -0.535. The Bertz CT molecular complexity index is 141. The number of amides is 1. The van der Waals surface area contributed by atoms with E-state index in [1.807, 2.05) is 13.8 Å². The van der Waals surface area contributed by atoms with Crippen molar-refractivity contribution in [3.05, 3.63) is 0 Å². The van der Waals surface area contributed by atoms with Gasteiger partial charge in [0.25, 0.3) is 0 Å². The van der Waals surface area contributed by atoms with Gasteiger partial charge in [0, 0.05) is 6.04 Å². The third-order valence-electron chi connectivity index (χ3n) is 1.44. The van der Waals surface area contributed by atoms with Gasteiger partial charge in [0.2, 0.25) is 5.91 Å². The van der Waals surface area contributed by atoms with Gasteiger partial charge in [0.15, 0.2) is 0 Å². The molecular formula is C7H17ClN2O2. The van der Waals surface area contributed by atoms with E-state index in [0.717, 1.165) is 0 Å². The monoisotopic (exact) mass is 196 g/mol. The molecule has 0 heterocycles. The quantitative estimate of drug-likeness (QED) is 0.573. The molecule has 0 aliphatic heterocycles. The predicted octanol–water partition coefficient (Wildman–Crippen LogP) is -0.372. The Morgan fingerprint density at radius 1 is 1.50 bits per heavy atom. The Balaban J connectivity index is 0. The lowest BCUT2D eigenvalue weighted by Crippen LogP contribution is -2.44. The number of nitrogens with two attached hydrogens (primary N) is 2. The Kier molecular flexibility index (Phi) is 7.37. The van der Waals surface area contributed by atoms with Crippen molar-refractivity contribution in [3.63, 3.8) is 0 Å². The van der Waals surface area contributed by atoms with Gasteiger partial charge in [-0.2, -0.15) is 0 Å². The molecule has 0 aliphatic carbocycles. The molecule has 74 valence electrons. The summed E-state index contributed by atoms with van der Waals surface area (Å²) in [6.07, 6.45) is -0.609. The fourth-order valence-corrected chi connectivity index (χ4v) is 0.884. The van der Waals surface area contributed by atoms with E-state index in [1.165, 1.54) is 0 Å². The van der Waals surface area contributed by atoms with E-state index in [9.17, 15) is 4.79 Å². The molecule has 4 nitrogen and oxygen atoms in total. The zero-order valence-electron chi connectivity index (χ0n) is 7.36. The van der Waals surface area contributed by atoms with Gasteiger partial charge in [-0.05, 0) is 12.3 Å².